The van der Waals surface area contributed by atoms with Crippen molar-refractivity contribution in [2.45, 2.75) is 30.6 Å². The zero-order chi connectivity index (χ0) is 15.2. The molecule has 2 aromatic rings. The highest BCUT2D eigenvalue weighted by atomic mass is 32.2. The molecule has 21 heavy (non-hydrogen) atoms. The van der Waals surface area contributed by atoms with Crippen LogP contribution in [0.1, 0.15) is 18.1 Å². The molecular formula is C14H17N3OS3. The smallest absolute Gasteiger partial charge is 0.230 e. The molecule has 2 N–H and O–H groups in total. The van der Waals surface area contributed by atoms with Crippen molar-refractivity contribution >= 4 is 41.2 Å². The number of amides is 1. The second-order valence-corrected chi connectivity index (χ2v) is 7.66. The number of nitrogens with zero attached hydrogens (tertiary/aromatic N) is 1. The molecule has 4 nitrogen and oxygen atoms in total. The third-order valence-corrected chi connectivity index (χ3v) is 5.17. The predicted molar refractivity (Wildman–Crippen MR) is 90.5 cm³/mol. The van der Waals surface area contributed by atoms with Crippen LogP contribution in [0.3, 0.4) is 0 Å². The molecule has 1 heterocycles. The number of hydrogen-bond donors (Lipinski definition) is 2. The van der Waals surface area contributed by atoms with Gasteiger partial charge in [-0.05, 0) is 43.6 Å². The Balaban J connectivity index is 1.79. The summed E-state index contributed by atoms with van der Waals surface area (Å²) < 4.78 is 1.42. The SMILES string of the molecule is Cc1ccccc1C[C@H](C)NC(=O)CSc1n[nH]c(=S)s1. The third-order valence-electron chi connectivity index (χ3n) is 2.94. The number of nitrogens with one attached hydrogen (secondary N) is 2. The highest BCUT2D eigenvalue weighted by molar-refractivity contribution is 8.01. The zero-order valence-electron chi connectivity index (χ0n) is 11.9. The Labute approximate surface area is 137 Å². The van der Waals surface area contributed by atoms with Gasteiger partial charge < -0.3 is 5.32 Å². The van der Waals surface area contributed by atoms with Gasteiger partial charge in [-0.2, -0.15) is 5.10 Å². The number of aromatic amines is 1. The van der Waals surface area contributed by atoms with E-state index in [1.54, 1.807) is 0 Å². The fourth-order valence-corrected chi connectivity index (χ4v) is 3.83. The topological polar surface area (TPSA) is 57.8 Å². The molecule has 0 aliphatic carbocycles. The van der Waals surface area contributed by atoms with Crippen molar-refractivity contribution < 1.29 is 4.79 Å². The van der Waals surface area contributed by atoms with Gasteiger partial charge in [0.05, 0.1) is 5.75 Å². The summed E-state index contributed by atoms with van der Waals surface area (Å²) in [5.74, 6) is 0.371. The van der Waals surface area contributed by atoms with Crippen LogP contribution in [0.15, 0.2) is 28.6 Å². The van der Waals surface area contributed by atoms with Gasteiger partial charge in [-0.25, -0.2) is 0 Å². The van der Waals surface area contributed by atoms with Crippen LogP contribution in [0.4, 0.5) is 0 Å². The molecule has 0 aliphatic rings. The number of rotatable bonds is 6. The lowest BCUT2D eigenvalue weighted by atomic mass is 10.0. The van der Waals surface area contributed by atoms with Gasteiger partial charge in [0.1, 0.15) is 0 Å². The minimum Gasteiger partial charge on any atom is -0.353 e. The first-order valence-electron chi connectivity index (χ1n) is 6.57. The molecule has 0 fully saturated rings. The van der Waals surface area contributed by atoms with E-state index in [2.05, 4.69) is 34.6 Å². The van der Waals surface area contributed by atoms with Crippen LogP contribution in [-0.4, -0.2) is 27.9 Å². The zero-order valence-corrected chi connectivity index (χ0v) is 14.3. The van der Waals surface area contributed by atoms with E-state index in [4.69, 9.17) is 12.2 Å². The molecule has 112 valence electrons. The normalized spacial score (nSPS) is 12.1. The minimum absolute atomic E-state index is 0.0159. The van der Waals surface area contributed by atoms with Crippen molar-refractivity contribution in [1.82, 2.24) is 15.5 Å². The number of aryl methyl sites for hydroxylation is 1. The number of carbonyl (C=O) groups is 1. The van der Waals surface area contributed by atoms with E-state index >= 15 is 0 Å². The van der Waals surface area contributed by atoms with Crippen LogP contribution < -0.4 is 5.32 Å². The van der Waals surface area contributed by atoms with E-state index in [-0.39, 0.29) is 11.9 Å². The van der Waals surface area contributed by atoms with Gasteiger partial charge >= 0.3 is 0 Å². The van der Waals surface area contributed by atoms with E-state index in [1.165, 1.54) is 34.2 Å². The average molecular weight is 340 g/mol. The summed E-state index contributed by atoms with van der Waals surface area (Å²) in [4.78, 5) is 11.9. The maximum Gasteiger partial charge on any atom is 0.230 e. The maximum absolute atomic E-state index is 11.9. The van der Waals surface area contributed by atoms with E-state index in [0.29, 0.717) is 9.71 Å². The summed E-state index contributed by atoms with van der Waals surface area (Å²) in [5, 5.41) is 9.73. The molecule has 1 aromatic heterocycles. The summed E-state index contributed by atoms with van der Waals surface area (Å²) in [7, 11) is 0. The Bertz CT molecular complexity index is 665. The van der Waals surface area contributed by atoms with Crippen molar-refractivity contribution in [3.05, 3.63) is 39.3 Å². The van der Waals surface area contributed by atoms with Crippen LogP contribution in [-0.2, 0) is 11.2 Å². The first-order chi connectivity index (χ1) is 10.0. The van der Waals surface area contributed by atoms with Crippen molar-refractivity contribution in [2.24, 2.45) is 0 Å². The van der Waals surface area contributed by atoms with Gasteiger partial charge in [-0.3, -0.25) is 9.89 Å². The van der Waals surface area contributed by atoms with E-state index in [9.17, 15) is 4.79 Å². The number of aromatic nitrogens is 2. The minimum atomic E-state index is 0.0159. The monoisotopic (exact) mass is 339 g/mol. The maximum atomic E-state index is 11.9. The molecular weight excluding hydrogens is 322 g/mol. The first kappa shape index (κ1) is 16.2. The highest BCUT2D eigenvalue weighted by Crippen LogP contribution is 2.19. The standard InChI is InChI=1S/C14H17N3OS3/c1-9-5-3-4-6-11(9)7-10(2)15-12(18)8-20-14-17-16-13(19)21-14/h3-6,10H,7-8H2,1-2H3,(H,15,18)(H,16,19)/t10-/m0/s1. The van der Waals surface area contributed by atoms with Crippen molar-refractivity contribution in [2.75, 3.05) is 5.75 Å². The molecule has 0 aliphatic heterocycles. The molecule has 1 atom stereocenters. The van der Waals surface area contributed by atoms with Gasteiger partial charge in [0.25, 0.3) is 0 Å². The van der Waals surface area contributed by atoms with Crippen molar-refractivity contribution in [1.29, 1.82) is 0 Å². The van der Waals surface area contributed by atoms with Crippen molar-refractivity contribution in [3.63, 3.8) is 0 Å². The fourth-order valence-electron chi connectivity index (χ4n) is 1.94. The first-order valence-corrected chi connectivity index (χ1v) is 8.78. The van der Waals surface area contributed by atoms with Crippen LogP contribution in [0, 0.1) is 10.9 Å². The number of carbonyl (C=O) groups excluding carboxylic acids is 1. The lowest BCUT2D eigenvalue weighted by Crippen LogP contribution is -2.35. The number of H-pyrrole nitrogens is 1. The third kappa shape index (κ3) is 5.26. The summed E-state index contributed by atoms with van der Waals surface area (Å²) in [6.07, 6.45) is 0.838. The Hall–Kier alpha value is -1.18. The summed E-state index contributed by atoms with van der Waals surface area (Å²) in [6.45, 7) is 4.11. The van der Waals surface area contributed by atoms with Gasteiger partial charge in [0, 0.05) is 6.04 Å². The molecule has 2 rings (SSSR count). The Kier molecular flexibility index (Phi) is 5.96. The number of thioether (sulfide) groups is 1. The van der Waals surface area contributed by atoms with Gasteiger partial charge in [0.2, 0.25) is 5.91 Å². The van der Waals surface area contributed by atoms with Crippen LogP contribution >= 0.6 is 35.3 Å². The molecule has 1 amide bonds. The predicted octanol–water partition coefficient (Wildman–Crippen LogP) is 3.35. The highest BCUT2D eigenvalue weighted by Gasteiger charge is 2.10. The molecule has 0 saturated carbocycles. The molecule has 0 saturated heterocycles. The molecule has 7 heteroatoms. The molecule has 0 bridgehead atoms. The molecule has 0 radical (unpaired) electrons. The summed E-state index contributed by atoms with van der Waals surface area (Å²) in [5.41, 5.74) is 2.52. The van der Waals surface area contributed by atoms with E-state index < -0.39 is 0 Å². The average Bonchev–Trinajstić information content (AvgIpc) is 2.85. The Morgan fingerprint density at radius 2 is 2.29 bits per heavy atom. The fraction of sp³-hybridized carbons (Fsp3) is 0.357. The largest absolute Gasteiger partial charge is 0.353 e. The lowest BCUT2D eigenvalue weighted by molar-refractivity contribution is -0.119. The number of hydrogen-bond acceptors (Lipinski definition) is 5. The Morgan fingerprint density at radius 1 is 1.52 bits per heavy atom. The van der Waals surface area contributed by atoms with Gasteiger partial charge in [0.15, 0.2) is 8.29 Å². The lowest BCUT2D eigenvalue weighted by Gasteiger charge is -2.15. The Morgan fingerprint density at radius 3 is 2.95 bits per heavy atom. The van der Waals surface area contributed by atoms with Gasteiger partial charge in [-0.15, -0.1) is 0 Å². The molecule has 0 spiro atoms. The van der Waals surface area contributed by atoms with Crippen molar-refractivity contribution in [3.8, 4) is 0 Å². The number of benzene rings is 1. The van der Waals surface area contributed by atoms with Gasteiger partial charge in [-0.1, -0.05) is 47.4 Å². The van der Waals surface area contributed by atoms with Crippen LogP contribution in [0.5, 0.6) is 0 Å². The van der Waals surface area contributed by atoms with E-state index in [1.807, 2.05) is 19.1 Å². The molecule has 1 aromatic carbocycles. The van der Waals surface area contributed by atoms with E-state index in [0.717, 1.165) is 10.8 Å². The second-order valence-electron chi connectivity index (χ2n) is 4.77. The summed E-state index contributed by atoms with van der Waals surface area (Å²) >= 11 is 7.74. The van der Waals surface area contributed by atoms with Crippen LogP contribution in [0.25, 0.3) is 0 Å². The van der Waals surface area contributed by atoms with Crippen LogP contribution in [0.2, 0.25) is 0 Å². The quantitative estimate of drug-likeness (QED) is 0.626. The second kappa shape index (κ2) is 7.72. The molecule has 0 unspecified atom stereocenters. The summed E-state index contributed by atoms with van der Waals surface area (Å²) in [6, 6.07) is 8.35.